The van der Waals surface area contributed by atoms with Gasteiger partial charge in [-0.2, -0.15) is 0 Å². The van der Waals surface area contributed by atoms with Crippen LogP contribution in [-0.2, 0) is 21.4 Å². The summed E-state index contributed by atoms with van der Waals surface area (Å²) in [6.45, 7) is 5.24. The first-order valence-electron chi connectivity index (χ1n) is 8.67. The number of carbonyl (C=O) groups is 1. The molecule has 0 saturated carbocycles. The number of carbonyl (C=O) groups excluding carboxylic acids is 1. The summed E-state index contributed by atoms with van der Waals surface area (Å²) >= 11 is 0. The van der Waals surface area contributed by atoms with Gasteiger partial charge in [-0.15, -0.1) is 6.58 Å². The zero-order chi connectivity index (χ0) is 21.0. The van der Waals surface area contributed by atoms with Crippen LogP contribution in [0.5, 0.6) is 0 Å². The van der Waals surface area contributed by atoms with Crippen LogP contribution in [-0.4, -0.2) is 30.3 Å². The third-order valence-electron chi connectivity index (χ3n) is 4.03. The number of hydrogen-bond acceptors (Lipinski definition) is 6. The van der Waals surface area contributed by atoms with Gasteiger partial charge in [-0.05, 0) is 42.8 Å². The Labute approximate surface area is 167 Å². The molecule has 0 aliphatic rings. The maximum absolute atomic E-state index is 12.2. The number of esters is 1. The molecule has 0 saturated heterocycles. The molecule has 8 nitrogen and oxygen atoms in total. The molecule has 1 aromatic carbocycles. The average Bonchev–Trinajstić information content (AvgIpc) is 2.71. The number of fused-ring (bicyclic) bond motifs is 1. The molecule has 0 unspecified atom stereocenters. The van der Waals surface area contributed by atoms with Crippen molar-refractivity contribution in [3.63, 3.8) is 0 Å². The van der Waals surface area contributed by atoms with Crippen molar-refractivity contribution in [2.75, 3.05) is 6.54 Å². The molecule has 0 amide bonds. The lowest BCUT2D eigenvalue weighted by atomic mass is 10.2. The van der Waals surface area contributed by atoms with Gasteiger partial charge in [-0.1, -0.05) is 12.1 Å². The molecule has 150 valence electrons. The number of aryl methyl sites for hydroxylation is 1. The molecular formula is C20H19N3O5S. The molecule has 0 bridgehead atoms. The number of benzene rings is 1. The third kappa shape index (κ3) is 4.76. The van der Waals surface area contributed by atoms with E-state index < -0.39 is 16.0 Å². The van der Waals surface area contributed by atoms with Crippen molar-refractivity contribution in [2.24, 2.45) is 0 Å². The summed E-state index contributed by atoms with van der Waals surface area (Å²) in [4.78, 5) is 28.8. The predicted molar refractivity (Wildman–Crippen MR) is 107 cm³/mol. The number of aromatic nitrogens is 2. The first-order valence-corrected chi connectivity index (χ1v) is 10.2. The van der Waals surface area contributed by atoms with E-state index in [0.29, 0.717) is 11.3 Å². The molecule has 0 aliphatic carbocycles. The minimum atomic E-state index is -3.67. The van der Waals surface area contributed by atoms with Crippen molar-refractivity contribution in [2.45, 2.75) is 18.4 Å². The van der Waals surface area contributed by atoms with Crippen LogP contribution < -0.4 is 10.3 Å². The van der Waals surface area contributed by atoms with Crippen molar-refractivity contribution in [3.05, 3.63) is 88.5 Å². The largest absolute Gasteiger partial charge is 0.456 e. The summed E-state index contributed by atoms with van der Waals surface area (Å²) in [6.07, 6.45) is 3.11. The number of sulfonamides is 1. The van der Waals surface area contributed by atoms with Gasteiger partial charge in [0.15, 0.2) is 0 Å². The summed E-state index contributed by atoms with van der Waals surface area (Å²) in [6, 6.07) is 10.2. The smallest absolute Gasteiger partial charge is 0.338 e. The average molecular weight is 413 g/mol. The van der Waals surface area contributed by atoms with E-state index in [-0.39, 0.29) is 29.2 Å². The van der Waals surface area contributed by atoms with Crippen LogP contribution in [0.4, 0.5) is 0 Å². The fourth-order valence-corrected chi connectivity index (χ4v) is 3.58. The van der Waals surface area contributed by atoms with Gasteiger partial charge < -0.3 is 4.74 Å². The van der Waals surface area contributed by atoms with E-state index >= 15 is 0 Å². The number of nitrogens with one attached hydrogen (secondary N) is 1. The van der Waals surface area contributed by atoms with Crippen molar-refractivity contribution in [1.29, 1.82) is 0 Å². The fourth-order valence-electron chi connectivity index (χ4n) is 2.58. The van der Waals surface area contributed by atoms with E-state index in [1.165, 1.54) is 40.8 Å². The monoisotopic (exact) mass is 413 g/mol. The van der Waals surface area contributed by atoms with Crippen LogP contribution in [0.1, 0.15) is 21.6 Å². The number of ether oxygens (including phenoxy) is 1. The van der Waals surface area contributed by atoms with E-state index in [0.717, 1.165) is 5.56 Å². The Hall–Kier alpha value is -3.30. The highest BCUT2D eigenvalue weighted by atomic mass is 32.2. The summed E-state index contributed by atoms with van der Waals surface area (Å²) in [5, 5.41) is 0. The van der Waals surface area contributed by atoms with E-state index in [1.807, 2.05) is 13.0 Å². The van der Waals surface area contributed by atoms with Gasteiger partial charge in [-0.25, -0.2) is 22.9 Å². The normalized spacial score (nSPS) is 11.3. The van der Waals surface area contributed by atoms with Crippen LogP contribution in [0, 0.1) is 6.92 Å². The molecule has 3 rings (SSSR count). The second kappa shape index (κ2) is 8.38. The van der Waals surface area contributed by atoms with Gasteiger partial charge in [0.1, 0.15) is 12.3 Å². The van der Waals surface area contributed by atoms with Crippen LogP contribution in [0.15, 0.2) is 71.0 Å². The molecule has 3 aromatic rings. The maximum atomic E-state index is 12.2. The molecule has 2 aromatic heterocycles. The molecule has 2 heterocycles. The van der Waals surface area contributed by atoms with Gasteiger partial charge in [0, 0.05) is 18.8 Å². The lowest BCUT2D eigenvalue weighted by Gasteiger charge is -2.08. The zero-order valence-electron chi connectivity index (χ0n) is 15.7. The topological polar surface area (TPSA) is 107 Å². The Kier molecular flexibility index (Phi) is 5.90. The number of pyridine rings is 1. The van der Waals surface area contributed by atoms with Gasteiger partial charge in [-0.3, -0.25) is 9.20 Å². The molecule has 0 spiro atoms. The zero-order valence-corrected chi connectivity index (χ0v) is 16.5. The van der Waals surface area contributed by atoms with Crippen molar-refractivity contribution < 1.29 is 17.9 Å². The lowest BCUT2D eigenvalue weighted by Crippen LogP contribution is -2.23. The first kappa shape index (κ1) is 20.4. The molecule has 9 heteroatoms. The summed E-state index contributed by atoms with van der Waals surface area (Å²) in [7, 11) is -3.67. The Morgan fingerprint density at radius 3 is 2.66 bits per heavy atom. The standard InChI is InChI=1S/C20H19N3O5S/c1-3-10-21-29(26,27)17-7-5-15(6-8-17)20(25)28-13-16-11-19(24)23-12-14(2)4-9-18(23)22-16/h3-9,11-12,21H,1,10,13H2,2H3. The number of hydrogen-bond donors (Lipinski definition) is 1. The summed E-state index contributed by atoms with van der Waals surface area (Å²) < 4.78 is 33.0. The second-order valence-corrected chi connectivity index (χ2v) is 8.03. The highest BCUT2D eigenvalue weighted by Crippen LogP contribution is 2.12. The minimum absolute atomic E-state index is 0.0235. The molecule has 0 atom stereocenters. The highest BCUT2D eigenvalue weighted by molar-refractivity contribution is 7.89. The van der Waals surface area contributed by atoms with Gasteiger partial charge in [0.25, 0.3) is 5.56 Å². The SMILES string of the molecule is C=CCNS(=O)(=O)c1ccc(C(=O)OCc2cc(=O)n3cc(C)ccc3n2)cc1. The Morgan fingerprint density at radius 2 is 1.97 bits per heavy atom. The van der Waals surface area contributed by atoms with Gasteiger partial charge in [0.05, 0.1) is 16.2 Å². The van der Waals surface area contributed by atoms with E-state index in [2.05, 4.69) is 16.3 Å². The summed E-state index contributed by atoms with van der Waals surface area (Å²) in [5.74, 6) is -0.654. The molecule has 0 radical (unpaired) electrons. The Balaban J connectivity index is 1.71. The Morgan fingerprint density at radius 1 is 1.24 bits per heavy atom. The van der Waals surface area contributed by atoms with Crippen LogP contribution in [0.2, 0.25) is 0 Å². The minimum Gasteiger partial charge on any atom is -0.456 e. The Bertz CT molecular complexity index is 1230. The summed E-state index contributed by atoms with van der Waals surface area (Å²) in [5.41, 5.74) is 1.61. The van der Waals surface area contributed by atoms with E-state index in [9.17, 15) is 18.0 Å². The van der Waals surface area contributed by atoms with E-state index in [4.69, 9.17) is 4.74 Å². The van der Waals surface area contributed by atoms with Crippen LogP contribution >= 0.6 is 0 Å². The molecular weight excluding hydrogens is 394 g/mol. The molecule has 1 N–H and O–H groups in total. The van der Waals surface area contributed by atoms with Crippen molar-refractivity contribution in [3.8, 4) is 0 Å². The predicted octanol–water partition coefficient (Wildman–Crippen LogP) is 1.82. The number of rotatable bonds is 7. The highest BCUT2D eigenvalue weighted by Gasteiger charge is 2.15. The van der Waals surface area contributed by atoms with E-state index in [1.54, 1.807) is 12.3 Å². The molecule has 0 fully saturated rings. The first-order chi connectivity index (χ1) is 13.8. The second-order valence-electron chi connectivity index (χ2n) is 6.26. The molecule has 29 heavy (non-hydrogen) atoms. The van der Waals surface area contributed by atoms with Gasteiger partial charge >= 0.3 is 5.97 Å². The van der Waals surface area contributed by atoms with Crippen molar-refractivity contribution >= 4 is 21.6 Å². The van der Waals surface area contributed by atoms with Crippen molar-refractivity contribution in [1.82, 2.24) is 14.1 Å². The number of nitrogens with zero attached hydrogens (tertiary/aromatic N) is 2. The quantitative estimate of drug-likeness (QED) is 0.468. The van der Waals surface area contributed by atoms with Gasteiger partial charge in [0.2, 0.25) is 10.0 Å². The third-order valence-corrected chi connectivity index (χ3v) is 5.47. The van der Waals surface area contributed by atoms with Crippen LogP contribution in [0.3, 0.4) is 0 Å². The maximum Gasteiger partial charge on any atom is 0.338 e. The lowest BCUT2D eigenvalue weighted by molar-refractivity contribution is 0.0467. The molecule has 0 aliphatic heterocycles. The fraction of sp³-hybridized carbons (Fsp3) is 0.150. The van der Waals surface area contributed by atoms with Crippen LogP contribution in [0.25, 0.3) is 5.65 Å².